The highest BCUT2D eigenvalue weighted by Gasteiger charge is 2.20. The molecular formula is C18H27NO3. The number of aliphatic hydroxyl groups is 1. The molecule has 0 heterocycles. The lowest BCUT2D eigenvalue weighted by Gasteiger charge is -2.25. The number of aliphatic hydroxyl groups excluding tert-OH is 1. The Hall–Kier alpha value is -1.55. The molecule has 1 aliphatic carbocycles. The number of amides is 1. The molecule has 22 heavy (non-hydrogen) atoms. The van der Waals surface area contributed by atoms with Crippen LogP contribution in [-0.4, -0.2) is 30.3 Å². The van der Waals surface area contributed by atoms with E-state index in [1.54, 1.807) is 12.1 Å². The van der Waals surface area contributed by atoms with E-state index < -0.39 is 0 Å². The van der Waals surface area contributed by atoms with Crippen LogP contribution in [0.4, 0.5) is 0 Å². The van der Waals surface area contributed by atoms with Crippen molar-refractivity contribution < 1.29 is 14.6 Å². The van der Waals surface area contributed by atoms with Crippen molar-refractivity contribution in [1.82, 2.24) is 5.32 Å². The third kappa shape index (κ3) is 5.34. The fourth-order valence-electron chi connectivity index (χ4n) is 2.82. The van der Waals surface area contributed by atoms with Gasteiger partial charge in [0, 0.05) is 12.1 Å². The second-order valence-electron chi connectivity index (χ2n) is 6.12. The molecule has 1 fully saturated rings. The minimum Gasteiger partial charge on any atom is -0.494 e. The van der Waals surface area contributed by atoms with Gasteiger partial charge in [0.15, 0.2) is 0 Å². The van der Waals surface area contributed by atoms with E-state index in [1.807, 2.05) is 12.1 Å². The van der Waals surface area contributed by atoms with Crippen LogP contribution in [0, 0.1) is 5.92 Å². The van der Waals surface area contributed by atoms with Crippen molar-refractivity contribution in [2.24, 2.45) is 5.92 Å². The normalized spacial score (nSPS) is 21.4. The summed E-state index contributed by atoms with van der Waals surface area (Å²) in [6.45, 7) is 3.48. The second-order valence-corrected chi connectivity index (χ2v) is 6.12. The highest BCUT2D eigenvalue weighted by molar-refractivity contribution is 5.94. The maximum atomic E-state index is 12.1. The van der Waals surface area contributed by atoms with Crippen LogP contribution < -0.4 is 10.1 Å². The number of hydrogen-bond acceptors (Lipinski definition) is 3. The summed E-state index contributed by atoms with van der Waals surface area (Å²) < 4.78 is 5.59. The first kappa shape index (κ1) is 16.8. The SMILES string of the molecule is CCCCOc1ccc(C(=O)NCC2CCCC(O)C2)cc1. The molecule has 0 bridgehead atoms. The number of hydrogen-bond donors (Lipinski definition) is 2. The van der Waals surface area contributed by atoms with E-state index in [9.17, 15) is 9.90 Å². The Balaban J connectivity index is 1.77. The van der Waals surface area contributed by atoms with E-state index in [4.69, 9.17) is 4.74 Å². The molecule has 122 valence electrons. The summed E-state index contributed by atoms with van der Waals surface area (Å²) in [5.41, 5.74) is 0.652. The number of nitrogens with one attached hydrogen (secondary N) is 1. The Labute approximate surface area is 132 Å². The number of carbonyl (C=O) groups excluding carboxylic acids is 1. The van der Waals surface area contributed by atoms with Crippen molar-refractivity contribution in [3.05, 3.63) is 29.8 Å². The van der Waals surface area contributed by atoms with E-state index in [1.165, 1.54) is 0 Å². The Morgan fingerprint density at radius 3 is 2.77 bits per heavy atom. The van der Waals surface area contributed by atoms with Gasteiger partial charge in [-0.25, -0.2) is 0 Å². The third-order valence-electron chi connectivity index (χ3n) is 4.19. The van der Waals surface area contributed by atoms with E-state index >= 15 is 0 Å². The molecule has 1 saturated carbocycles. The maximum absolute atomic E-state index is 12.1. The standard InChI is InChI=1S/C18H27NO3/c1-2-3-11-22-17-9-7-15(8-10-17)18(21)19-13-14-5-4-6-16(20)12-14/h7-10,14,16,20H,2-6,11-13H2,1H3,(H,19,21). The molecule has 1 amide bonds. The number of carbonyl (C=O) groups is 1. The van der Waals surface area contributed by atoms with Crippen molar-refractivity contribution in [1.29, 1.82) is 0 Å². The predicted octanol–water partition coefficient (Wildman–Crippen LogP) is 3.15. The first-order valence-corrected chi connectivity index (χ1v) is 8.38. The van der Waals surface area contributed by atoms with E-state index in [0.29, 0.717) is 24.6 Å². The number of unbranched alkanes of at least 4 members (excludes halogenated alkanes) is 1. The Morgan fingerprint density at radius 1 is 1.32 bits per heavy atom. The molecular weight excluding hydrogens is 278 g/mol. The Kier molecular flexibility index (Phi) is 6.72. The predicted molar refractivity (Wildman–Crippen MR) is 87.1 cm³/mol. The molecule has 1 aliphatic rings. The van der Waals surface area contributed by atoms with Gasteiger partial charge in [0.05, 0.1) is 12.7 Å². The lowest BCUT2D eigenvalue weighted by atomic mass is 9.87. The molecule has 2 N–H and O–H groups in total. The van der Waals surface area contributed by atoms with Crippen LogP contribution in [0.3, 0.4) is 0 Å². The summed E-state index contributed by atoms with van der Waals surface area (Å²) in [5, 5.41) is 12.6. The lowest BCUT2D eigenvalue weighted by Crippen LogP contribution is -2.32. The fourth-order valence-corrected chi connectivity index (χ4v) is 2.82. The van der Waals surface area contributed by atoms with Gasteiger partial charge in [-0.2, -0.15) is 0 Å². The fraction of sp³-hybridized carbons (Fsp3) is 0.611. The molecule has 2 unspecified atom stereocenters. The zero-order valence-electron chi connectivity index (χ0n) is 13.4. The van der Waals surface area contributed by atoms with Crippen LogP contribution in [0.5, 0.6) is 5.75 Å². The van der Waals surface area contributed by atoms with E-state index in [2.05, 4.69) is 12.2 Å². The summed E-state index contributed by atoms with van der Waals surface area (Å²) in [4.78, 5) is 12.1. The van der Waals surface area contributed by atoms with Crippen LogP contribution in [0.25, 0.3) is 0 Å². The molecule has 1 aromatic rings. The molecule has 0 radical (unpaired) electrons. The van der Waals surface area contributed by atoms with Crippen LogP contribution >= 0.6 is 0 Å². The first-order chi connectivity index (χ1) is 10.7. The van der Waals surface area contributed by atoms with Gasteiger partial charge in [-0.15, -0.1) is 0 Å². The molecule has 4 nitrogen and oxygen atoms in total. The average Bonchev–Trinajstić information content (AvgIpc) is 2.54. The van der Waals surface area contributed by atoms with Crippen LogP contribution in [0.2, 0.25) is 0 Å². The summed E-state index contributed by atoms with van der Waals surface area (Å²) in [6, 6.07) is 7.28. The topological polar surface area (TPSA) is 58.6 Å². The lowest BCUT2D eigenvalue weighted by molar-refractivity contribution is 0.0874. The van der Waals surface area contributed by atoms with Gasteiger partial charge < -0.3 is 15.2 Å². The van der Waals surface area contributed by atoms with Crippen molar-refractivity contribution in [2.45, 2.75) is 51.6 Å². The Morgan fingerprint density at radius 2 is 2.09 bits per heavy atom. The second kappa shape index (κ2) is 8.79. The van der Waals surface area contributed by atoms with Gasteiger partial charge in [-0.3, -0.25) is 4.79 Å². The Bertz CT molecular complexity index is 458. The van der Waals surface area contributed by atoms with Crippen molar-refractivity contribution in [3.63, 3.8) is 0 Å². The highest BCUT2D eigenvalue weighted by atomic mass is 16.5. The number of benzene rings is 1. The van der Waals surface area contributed by atoms with E-state index in [-0.39, 0.29) is 12.0 Å². The number of rotatable bonds is 7. The van der Waals surface area contributed by atoms with Crippen molar-refractivity contribution >= 4 is 5.91 Å². The maximum Gasteiger partial charge on any atom is 0.251 e. The molecule has 1 aromatic carbocycles. The van der Waals surface area contributed by atoms with Crippen LogP contribution in [0.1, 0.15) is 55.8 Å². The van der Waals surface area contributed by atoms with Crippen molar-refractivity contribution in [2.75, 3.05) is 13.2 Å². The average molecular weight is 305 g/mol. The van der Waals surface area contributed by atoms with Gasteiger partial charge in [-0.1, -0.05) is 19.8 Å². The molecule has 0 aliphatic heterocycles. The van der Waals surface area contributed by atoms with Gasteiger partial charge in [0.2, 0.25) is 0 Å². The summed E-state index contributed by atoms with van der Waals surface area (Å²) in [7, 11) is 0. The smallest absolute Gasteiger partial charge is 0.251 e. The van der Waals surface area contributed by atoms with Gasteiger partial charge in [0.1, 0.15) is 5.75 Å². The number of ether oxygens (including phenoxy) is 1. The molecule has 2 rings (SSSR count). The highest BCUT2D eigenvalue weighted by Crippen LogP contribution is 2.23. The molecule has 2 atom stereocenters. The van der Waals surface area contributed by atoms with E-state index in [0.717, 1.165) is 44.3 Å². The summed E-state index contributed by atoms with van der Waals surface area (Å²) in [5.74, 6) is 1.14. The zero-order chi connectivity index (χ0) is 15.8. The summed E-state index contributed by atoms with van der Waals surface area (Å²) in [6.07, 6.45) is 5.77. The van der Waals surface area contributed by atoms with Gasteiger partial charge >= 0.3 is 0 Å². The quantitative estimate of drug-likeness (QED) is 0.761. The monoisotopic (exact) mass is 305 g/mol. The minimum absolute atomic E-state index is 0.0554. The summed E-state index contributed by atoms with van der Waals surface area (Å²) >= 11 is 0. The molecule has 0 spiro atoms. The molecule has 4 heteroatoms. The minimum atomic E-state index is -0.199. The third-order valence-corrected chi connectivity index (χ3v) is 4.19. The van der Waals surface area contributed by atoms with Crippen molar-refractivity contribution in [3.8, 4) is 5.75 Å². The van der Waals surface area contributed by atoms with Gasteiger partial charge in [0.25, 0.3) is 5.91 Å². The van der Waals surface area contributed by atoms with Gasteiger partial charge in [-0.05, 0) is 55.9 Å². The van der Waals surface area contributed by atoms with Crippen LogP contribution in [0.15, 0.2) is 24.3 Å². The zero-order valence-corrected chi connectivity index (χ0v) is 13.4. The molecule has 0 aromatic heterocycles. The van der Waals surface area contributed by atoms with Crippen LogP contribution in [-0.2, 0) is 0 Å². The molecule has 0 saturated heterocycles. The largest absolute Gasteiger partial charge is 0.494 e. The first-order valence-electron chi connectivity index (χ1n) is 8.38.